The number of nitrogens with zero attached hydrogens (tertiary/aromatic N) is 2. The van der Waals surface area contributed by atoms with E-state index in [1.807, 2.05) is 11.9 Å². The van der Waals surface area contributed by atoms with Gasteiger partial charge in [-0.2, -0.15) is 0 Å². The first-order valence-electron chi connectivity index (χ1n) is 8.28. The summed E-state index contributed by atoms with van der Waals surface area (Å²) in [5.74, 6) is -0.362. The second kappa shape index (κ2) is 8.08. The Balaban J connectivity index is 1.72. The molecule has 0 spiro atoms. The smallest absolute Gasteiger partial charge is 0.255 e. The van der Waals surface area contributed by atoms with Crippen LogP contribution in [0.1, 0.15) is 20.7 Å². The number of halogens is 2. The summed E-state index contributed by atoms with van der Waals surface area (Å²) in [6, 6.07) is 11.6. The summed E-state index contributed by atoms with van der Waals surface area (Å²) >= 11 is 11.9. The van der Waals surface area contributed by atoms with E-state index >= 15 is 0 Å². The fraction of sp³-hybridized carbons (Fsp3) is 0.263. The fourth-order valence-corrected chi connectivity index (χ4v) is 3.34. The lowest BCUT2D eigenvalue weighted by Gasteiger charge is -2.32. The van der Waals surface area contributed by atoms with E-state index in [0.717, 1.165) is 13.1 Å². The Morgan fingerprint density at radius 2 is 1.58 bits per heavy atom. The van der Waals surface area contributed by atoms with Gasteiger partial charge < -0.3 is 15.1 Å². The van der Waals surface area contributed by atoms with Crippen molar-refractivity contribution in [2.75, 3.05) is 38.5 Å². The van der Waals surface area contributed by atoms with E-state index in [-0.39, 0.29) is 11.8 Å². The van der Waals surface area contributed by atoms with Crippen molar-refractivity contribution in [3.63, 3.8) is 0 Å². The highest BCUT2D eigenvalue weighted by Gasteiger charge is 2.20. The number of amides is 2. The van der Waals surface area contributed by atoms with Crippen molar-refractivity contribution in [3.8, 4) is 0 Å². The number of likely N-dealkylation sites (N-methyl/N-ethyl adjacent to an activating group) is 1. The molecule has 1 fully saturated rings. The van der Waals surface area contributed by atoms with Crippen molar-refractivity contribution < 1.29 is 9.59 Å². The Bertz CT molecular complexity index is 813. The number of benzene rings is 2. The lowest BCUT2D eigenvalue weighted by Crippen LogP contribution is -2.47. The van der Waals surface area contributed by atoms with E-state index in [1.54, 1.807) is 42.5 Å². The number of carbonyl (C=O) groups is 2. The van der Waals surface area contributed by atoms with Crippen LogP contribution in [0.2, 0.25) is 10.0 Å². The molecule has 0 bridgehead atoms. The summed E-state index contributed by atoms with van der Waals surface area (Å²) in [7, 11) is 2.04. The molecule has 2 aromatic rings. The van der Waals surface area contributed by atoms with Crippen LogP contribution < -0.4 is 5.32 Å². The summed E-state index contributed by atoms with van der Waals surface area (Å²) in [5, 5.41) is 3.56. The quantitative estimate of drug-likeness (QED) is 0.868. The molecule has 0 aromatic heterocycles. The van der Waals surface area contributed by atoms with Crippen LogP contribution in [-0.2, 0) is 0 Å². The molecule has 1 saturated heterocycles. The van der Waals surface area contributed by atoms with Gasteiger partial charge in [-0.1, -0.05) is 29.3 Å². The van der Waals surface area contributed by atoms with Gasteiger partial charge in [-0.3, -0.25) is 9.59 Å². The summed E-state index contributed by atoms with van der Waals surface area (Å²) in [4.78, 5) is 29.1. The van der Waals surface area contributed by atoms with E-state index in [1.165, 1.54) is 0 Å². The Kier molecular flexibility index (Phi) is 5.81. The van der Waals surface area contributed by atoms with Crippen molar-refractivity contribution >= 4 is 40.7 Å². The number of anilines is 1. The van der Waals surface area contributed by atoms with Crippen LogP contribution in [-0.4, -0.2) is 54.8 Å². The van der Waals surface area contributed by atoms with Crippen LogP contribution in [0.15, 0.2) is 42.5 Å². The number of nitrogens with one attached hydrogen (secondary N) is 1. The third-order valence-electron chi connectivity index (χ3n) is 4.28. The second-order valence-corrected chi connectivity index (χ2v) is 7.16. The van der Waals surface area contributed by atoms with Crippen LogP contribution in [0, 0.1) is 0 Å². The Morgan fingerprint density at radius 3 is 2.23 bits per heavy atom. The summed E-state index contributed by atoms with van der Waals surface area (Å²) in [5.41, 5.74) is 1.46. The van der Waals surface area contributed by atoms with Crippen molar-refractivity contribution in [1.29, 1.82) is 0 Å². The highest BCUT2D eigenvalue weighted by atomic mass is 35.5. The van der Waals surface area contributed by atoms with E-state index < -0.39 is 0 Å². The van der Waals surface area contributed by atoms with Gasteiger partial charge in [-0.05, 0) is 43.4 Å². The van der Waals surface area contributed by atoms with Gasteiger partial charge in [-0.25, -0.2) is 0 Å². The van der Waals surface area contributed by atoms with Gasteiger partial charge in [-0.15, -0.1) is 0 Å². The average Bonchev–Trinajstić information content (AvgIpc) is 2.61. The monoisotopic (exact) mass is 391 g/mol. The zero-order chi connectivity index (χ0) is 18.7. The molecule has 0 saturated carbocycles. The number of hydrogen-bond donors (Lipinski definition) is 1. The molecule has 0 aliphatic carbocycles. The van der Waals surface area contributed by atoms with Crippen molar-refractivity contribution in [2.24, 2.45) is 0 Å². The van der Waals surface area contributed by atoms with Crippen molar-refractivity contribution in [2.45, 2.75) is 0 Å². The second-order valence-electron chi connectivity index (χ2n) is 6.29. The molecule has 7 heteroatoms. The van der Waals surface area contributed by atoms with E-state index in [0.29, 0.717) is 39.9 Å². The molecular weight excluding hydrogens is 373 g/mol. The maximum Gasteiger partial charge on any atom is 0.255 e. The maximum atomic E-state index is 12.7. The van der Waals surface area contributed by atoms with Crippen LogP contribution in [0.4, 0.5) is 5.69 Å². The lowest BCUT2D eigenvalue weighted by atomic mass is 10.1. The van der Waals surface area contributed by atoms with Gasteiger partial charge in [0, 0.05) is 53.0 Å². The first-order chi connectivity index (χ1) is 12.4. The topological polar surface area (TPSA) is 52.6 Å². The zero-order valence-electron chi connectivity index (χ0n) is 14.3. The molecule has 1 heterocycles. The normalized spacial score (nSPS) is 15.0. The molecule has 1 aliphatic heterocycles. The molecule has 136 valence electrons. The predicted octanol–water partition coefficient (Wildman–Crippen LogP) is 3.63. The lowest BCUT2D eigenvalue weighted by molar-refractivity contribution is 0.0664. The third-order valence-corrected chi connectivity index (χ3v) is 4.72. The highest BCUT2D eigenvalue weighted by molar-refractivity contribution is 6.35. The molecule has 26 heavy (non-hydrogen) atoms. The van der Waals surface area contributed by atoms with Gasteiger partial charge in [0.05, 0.1) is 0 Å². The molecule has 0 unspecified atom stereocenters. The minimum Gasteiger partial charge on any atom is -0.336 e. The zero-order valence-corrected chi connectivity index (χ0v) is 15.8. The van der Waals surface area contributed by atoms with Crippen LogP contribution in [0.5, 0.6) is 0 Å². The number of rotatable bonds is 3. The van der Waals surface area contributed by atoms with Gasteiger partial charge in [0.2, 0.25) is 0 Å². The molecule has 1 aliphatic rings. The molecule has 2 amide bonds. The van der Waals surface area contributed by atoms with Gasteiger partial charge in [0.15, 0.2) is 0 Å². The largest absolute Gasteiger partial charge is 0.336 e. The van der Waals surface area contributed by atoms with Crippen LogP contribution in [0.3, 0.4) is 0 Å². The summed E-state index contributed by atoms with van der Waals surface area (Å²) < 4.78 is 0. The molecule has 1 N–H and O–H groups in total. The first-order valence-corrected chi connectivity index (χ1v) is 9.03. The Labute approximate surface area is 162 Å². The molecule has 0 radical (unpaired) electrons. The standard InChI is InChI=1S/C19H19Cl2N3O2/c1-23-5-7-24(8-6-23)19(26)13-3-2-4-17(11-13)22-18(25)14-9-15(20)12-16(21)10-14/h2-4,9-12H,5-8H2,1H3,(H,22,25). The van der Waals surface area contributed by atoms with Gasteiger partial charge >= 0.3 is 0 Å². The van der Waals surface area contributed by atoms with Crippen LogP contribution >= 0.6 is 23.2 Å². The van der Waals surface area contributed by atoms with Crippen molar-refractivity contribution in [1.82, 2.24) is 9.80 Å². The highest BCUT2D eigenvalue weighted by Crippen LogP contribution is 2.21. The summed E-state index contributed by atoms with van der Waals surface area (Å²) in [6.45, 7) is 3.12. The van der Waals surface area contributed by atoms with Gasteiger partial charge in [0.1, 0.15) is 0 Å². The number of carbonyl (C=O) groups excluding carboxylic acids is 2. The SMILES string of the molecule is CN1CCN(C(=O)c2cccc(NC(=O)c3cc(Cl)cc(Cl)c3)c2)CC1. The molecule has 0 atom stereocenters. The molecule has 2 aromatic carbocycles. The van der Waals surface area contributed by atoms with E-state index in [9.17, 15) is 9.59 Å². The van der Waals surface area contributed by atoms with E-state index in [4.69, 9.17) is 23.2 Å². The Morgan fingerprint density at radius 1 is 0.923 bits per heavy atom. The van der Waals surface area contributed by atoms with E-state index in [2.05, 4.69) is 10.2 Å². The van der Waals surface area contributed by atoms with Crippen molar-refractivity contribution in [3.05, 3.63) is 63.6 Å². The predicted molar refractivity (Wildman–Crippen MR) is 104 cm³/mol. The minimum atomic E-state index is -0.335. The molecule has 5 nitrogen and oxygen atoms in total. The fourth-order valence-electron chi connectivity index (χ4n) is 2.81. The third kappa shape index (κ3) is 4.55. The molecular formula is C19H19Cl2N3O2. The van der Waals surface area contributed by atoms with Gasteiger partial charge in [0.25, 0.3) is 11.8 Å². The number of piperazine rings is 1. The maximum absolute atomic E-state index is 12.7. The summed E-state index contributed by atoms with van der Waals surface area (Å²) in [6.07, 6.45) is 0. The average molecular weight is 392 g/mol. The molecule has 3 rings (SSSR count). The minimum absolute atomic E-state index is 0.0278. The Hall–Kier alpha value is -2.08. The number of hydrogen-bond acceptors (Lipinski definition) is 3. The van der Waals surface area contributed by atoms with Crippen LogP contribution in [0.25, 0.3) is 0 Å². The first kappa shape index (κ1) is 18.7.